The SMILES string of the molecule is COCc1cccc(OC(CCN)C(=O)O)c1. The van der Waals surface area contributed by atoms with Crippen LogP contribution < -0.4 is 10.5 Å². The Hall–Kier alpha value is -1.59. The van der Waals surface area contributed by atoms with E-state index >= 15 is 0 Å². The summed E-state index contributed by atoms with van der Waals surface area (Å²) in [4.78, 5) is 10.9. The first-order chi connectivity index (χ1) is 8.17. The van der Waals surface area contributed by atoms with E-state index < -0.39 is 12.1 Å². The molecule has 1 aromatic rings. The molecule has 0 radical (unpaired) electrons. The molecule has 0 saturated heterocycles. The van der Waals surface area contributed by atoms with Crippen LogP contribution in [0.2, 0.25) is 0 Å². The third kappa shape index (κ3) is 4.42. The molecule has 0 amide bonds. The van der Waals surface area contributed by atoms with Gasteiger partial charge in [-0.1, -0.05) is 12.1 Å². The summed E-state index contributed by atoms with van der Waals surface area (Å²) >= 11 is 0. The van der Waals surface area contributed by atoms with Crippen LogP contribution in [0.5, 0.6) is 5.75 Å². The van der Waals surface area contributed by atoms with Gasteiger partial charge >= 0.3 is 5.97 Å². The van der Waals surface area contributed by atoms with E-state index in [2.05, 4.69) is 0 Å². The second-order valence-corrected chi connectivity index (χ2v) is 3.60. The molecule has 5 nitrogen and oxygen atoms in total. The average molecular weight is 239 g/mol. The number of hydrogen-bond acceptors (Lipinski definition) is 4. The average Bonchev–Trinajstić information content (AvgIpc) is 2.29. The van der Waals surface area contributed by atoms with Crippen molar-refractivity contribution in [2.24, 2.45) is 5.73 Å². The molecule has 0 fully saturated rings. The molecular formula is C12H17NO4. The lowest BCUT2D eigenvalue weighted by Gasteiger charge is -2.14. The summed E-state index contributed by atoms with van der Waals surface area (Å²) < 4.78 is 10.4. The van der Waals surface area contributed by atoms with Crippen molar-refractivity contribution >= 4 is 5.97 Å². The molecule has 0 aliphatic carbocycles. The van der Waals surface area contributed by atoms with Gasteiger partial charge in [-0.25, -0.2) is 4.79 Å². The Kier molecular flexibility index (Phi) is 5.45. The normalized spacial score (nSPS) is 12.1. The number of rotatable bonds is 7. The number of methoxy groups -OCH3 is 1. The fourth-order valence-corrected chi connectivity index (χ4v) is 1.42. The zero-order valence-electron chi connectivity index (χ0n) is 9.76. The first-order valence-electron chi connectivity index (χ1n) is 5.34. The van der Waals surface area contributed by atoms with Crippen LogP contribution in [-0.2, 0) is 16.1 Å². The first-order valence-corrected chi connectivity index (χ1v) is 5.34. The molecule has 1 unspecified atom stereocenters. The zero-order chi connectivity index (χ0) is 12.7. The minimum Gasteiger partial charge on any atom is -0.479 e. The third-order valence-electron chi connectivity index (χ3n) is 2.19. The maximum absolute atomic E-state index is 10.9. The van der Waals surface area contributed by atoms with Crippen molar-refractivity contribution in [2.45, 2.75) is 19.1 Å². The van der Waals surface area contributed by atoms with Crippen LogP contribution in [0.3, 0.4) is 0 Å². The summed E-state index contributed by atoms with van der Waals surface area (Å²) in [5, 5.41) is 8.93. The van der Waals surface area contributed by atoms with Gasteiger partial charge in [0.15, 0.2) is 6.10 Å². The van der Waals surface area contributed by atoms with E-state index in [9.17, 15) is 4.79 Å². The van der Waals surface area contributed by atoms with Crippen LogP contribution in [-0.4, -0.2) is 30.8 Å². The van der Waals surface area contributed by atoms with Crippen molar-refractivity contribution in [3.8, 4) is 5.75 Å². The molecule has 1 aromatic carbocycles. The van der Waals surface area contributed by atoms with E-state index in [4.69, 9.17) is 20.3 Å². The lowest BCUT2D eigenvalue weighted by Crippen LogP contribution is -2.29. The van der Waals surface area contributed by atoms with E-state index in [-0.39, 0.29) is 13.0 Å². The fraction of sp³-hybridized carbons (Fsp3) is 0.417. The summed E-state index contributed by atoms with van der Waals surface area (Å²) in [7, 11) is 1.60. The molecule has 0 spiro atoms. The molecule has 5 heteroatoms. The molecule has 1 rings (SSSR count). The second kappa shape index (κ2) is 6.88. The Bertz CT molecular complexity index is 367. The predicted molar refractivity (Wildman–Crippen MR) is 62.9 cm³/mol. The first kappa shape index (κ1) is 13.5. The zero-order valence-corrected chi connectivity index (χ0v) is 9.76. The van der Waals surface area contributed by atoms with Crippen LogP contribution in [0.25, 0.3) is 0 Å². The van der Waals surface area contributed by atoms with Gasteiger partial charge < -0.3 is 20.3 Å². The molecule has 0 aliphatic rings. The molecule has 3 N–H and O–H groups in total. The summed E-state index contributed by atoms with van der Waals surface area (Å²) in [6.07, 6.45) is -0.623. The number of hydrogen-bond donors (Lipinski definition) is 2. The molecule has 0 bridgehead atoms. The van der Waals surface area contributed by atoms with Crippen molar-refractivity contribution in [1.29, 1.82) is 0 Å². The Balaban J connectivity index is 2.71. The Morgan fingerprint density at radius 1 is 1.53 bits per heavy atom. The van der Waals surface area contributed by atoms with Crippen molar-refractivity contribution in [2.75, 3.05) is 13.7 Å². The minimum absolute atomic E-state index is 0.273. The van der Waals surface area contributed by atoms with Gasteiger partial charge in [0.25, 0.3) is 0 Å². The summed E-state index contributed by atoms with van der Waals surface area (Å²) in [6.45, 7) is 0.737. The minimum atomic E-state index is -1.01. The third-order valence-corrected chi connectivity index (χ3v) is 2.19. The summed E-state index contributed by atoms with van der Waals surface area (Å²) in [6, 6.07) is 7.15. The van der Waals surface area contributed by atoms with E-state index in [1.807, 2.05) is 6.07 Å². The number of carbonyl (C=O) groups is 1. The fourth-order valence-electron chi connectivity index (χ4n) is 1.42. The predicted octanol–water partition coefficient (Wildman–Crippen LogP) is 1.01. The molecular weight excluding hydrogens is 222 g/mol. The topological polar surface area (TPSA) is 81.8 Å². The summed E-state index contributed by atoms with van der Waals surface area (Å²) in [5.41, 5.74) is 6.27. The van der Waals surface area contributed by atoms with Gasteiger partial charge in [-0.2, -0.15) is 0 Å². The Labute approximate surface area is 100 Å². The van der Waals surface area contributed by atoms with Crippen molar-refractivity contribution in [1.82, 2.24) is 0 Å². The van der Waals surface area contributed by atoms with Crippen molar-refractivity contribution < 1.29 is 19.4 Å². The van der Waals surface area contributed by atoms with Crippen LogP contribution in [0.1, 0.15) is 12.0 Å². The van der Waals surface area contributed by atoms with Crippen molar-refractivity contribution in [3.63, 3.8) is 0 Å². The molecule has 0 aromatic heterocycles. The number of carboxylic acid groups (broad SMARTS) is 1. The smallest absolute Gasteiger partial charge is 0.344 e. The molecule has 94 valence electrons. The van der Waals surface area contributed by atoms with E-state index in [1.54, 1.807) is 25.3 Å². The van der Waals surface area contributed by atoms with Gasteiger partial charge in [-0.15, -0.1) is 0 Å². The highest BCUT2D eigenvalue weighted by Crippen LogP contribution is 2.16. The molecule has 17 heavy (non-hydrogen) atoms. The van der Waals surface area contributed by atoms with Crippen LogP contribution in [0.15, 0.2) is 24.3 Å². The van der Waals surface area contributed by atoms with Gasteiger partial charge in [-0.05, 0) is 24.2 Å². The Morgan fingerprint density at radius 3 is 2.88 bits per heavy atom. The van der Waals surface area contributed by atoms with E-state index in [0.717, 1.165) is 5.56 Å². The van der Waals surface area contributed by atoms with Gasteiger partial charge in [-0.3, -0.25) is 0 Å². The highest BCUT2D eigenvalue weighted by Gasteiger charge is 2.18. The lowest BCUT2D eigenvalue weighted by atomic mass is 10.2. The van der Waals surface area contributed by atoms with Gasteiger partial charge in [0, 0.05) is 13.5 Å². The van der Waals surface area contributed by atoms with Crippen molar-refractivity contribution in [3.05, 3.63) is 29.8 Å². The number of carboxylic acids is 1. The summed E-state index contributed by atoms with van der Waals surface area (Å²) in [5.74, 6) is -0.493. The molecule has 0 aliphatic heterocycles. The maximum atomic E-state index is 10.9. The highest BCUT2D eigenvalue weighted by molar-refractivity contribution is 5.72. The van der Waals surface area contributed by atoms with Crippen LogP contribution >= 0.6 is 0 Å². The molecule has 1 atom stereocenters. The van der Waals surface area contributed by atoms with Gasteiger partial charge in [0.1, 0.15) is 5.75 Å². The van der Waals surface area contributed by atoms with Crippen LogP contribution in [0, 0.1) is 0 Å². The standard InChI is InChI=1S/C12H17NO4/c1-16-8-9-3-2-4-10(7-9)17-11(5-6-13)12(14)15/h2-4,7,11H,5-6,8,13H2,1H3,(H,14,15). The van der Waals surface area contributed by atoms with Crippen LogP contribution in [0.4, 0.5) is 0 Å². The molecule has 0 saturated carbocycles. The quantitative estimate of drug-likeness (QED) is 0.742. The van der Waals surface area contributed by atoms with Gasteiger partial charge in [0.05, 0.1) is 6.61 Å². The number of ether oxygens (including phenoxy) is 2. The maximum Gasteiger partial charge on any atom is 0.344 e. The number of benzene rings is 1. The molecule has 0 heterocycles. The Morgan fingerprint density at radius 2 is 2.29 bits per heavy atom. The van der Waals surface area contributed by atoms with Gasteiger partial charge in [0.2, 0.25) is 0 Å². The monoisotopic (exact) mass is 239 g/mol. The number of nitrogens with two attached hydrogens (primary N) is 1. The van der Waals surface area contributed by atoms with E-state index in [1.165, 1.54) is 0 Å². The number of aliphatic carboxylic acids is 1. The lowest BCUT2D eigenvalue weighted by molar-refractivity contribution is -0.145. The highest BCUT2D eigenvalue weighted by atomic mass is 16.5. The van der Waals surface area contributed by atoms with E-state index in [0.29, 0.717) is 12.4 Å². The second-order valence-electron chi connectivity index (χ2n) is 3.60. The largest absolute Gasteiger partial charge is 0.479 e.